The highest BCUT2D eigenvalue weighted by Gasteiger charge is 2.30. The molecule has 0 aliphatic heterocycles. The standard InChI is InChI=1S/C18H10N2.C12H6O2.C6H8N2.12C2H6/c1-2-10-15-14(9-1)19-17-12-7-3-5-11-6-4-8-13(16(11)12)18(17)20-15;13-11-8-5-1-3-7-4-2-6-9(10(7)8)12(11)14;7-5-3-1-2-4-6(5)8;12*1-2/h1-10H;1-6H;1-4H,7-8H2;12*1-2H3. The van der Waals surface area contributed by atoms with Crippen LogP contribution in [0.3, 0.4) is 0 Å². The van der Waals surface area contributed by atoms with Gasteiger partial charge in [-0.2, -0.15) is 0 Å². The van der Waals surface area contributed by atoms with Crippen molar-refractivity contribution in [2.45, 2.75) is 166 Å². The Kier molecular flexibility index (Phi) is 52.8. The van der Waals surface area contributed by atoms with Crippen molar-refractivity contribution in [2.75, 3.05) is 11.5 Å². The smallest absolute Gasteiger partial charge is 0.234 e. The average Bonchev–Trinajstić information content (AvgIpc) is 3.89. The number of hydrogen-bond acceptors (Lipinski definition) is 6. The Bertz CT molecular complexity index is 2080. The van der Waals surface area contributed by atoms with E-state index in [9.17, 15) is 9.59 Å². The van der Waals surface area contributed by atoms with Gasteiger partial charge in [0.25, 0.3) is 0 Å². The summed E-state index contributed by atoms with van der Waals surface area (Å²) in [5.74, 6) is -0.756. The number of anilines is 2. The van der Waals surface area contributed by atoms with E-state index in [0.717, 1.165) is 33.2 Å². The maximum atomic E-state index is 11.5. The van der Waals surface area contributed by atoms with Gasteiger partial charge in [-0.25, -0.2) is 9.97 Å². The molecule has 6 aromatic carbocycles. The fourth-order valence-corrected chi connectivity index (χ4v) is 5.59. The third-order valence-electron chi connectivity index (χ3n) is 7.58. The van der Waals surface area contributed by atoms with Crippen LogP contribution in [0.1, 0.15) is 187 Å². The molecule has 6 nitrogen and oxygen atoms in total. The first-order valence-corrected chi connectivity index (χ1v) is 25.5. The van der Waals surface area contributed by atoms with Gasteiger partial charge in [0.2, 0.25) is 11.6 Å². The summed E-state index contributed by atoms with van der Waals surface area (Å²) < 4.78 is 0. The van der Waals surface area contributed by atoms with Crippen LogP contribution in [0.25, 0.3) is 55.1 Å². The Balaban J connectivity index is -0.000000173. The van der Waals surface area contributed by atoms with E-state index in [4.69, 9.17) is 21.4 Å². The van der Waals surface area contributed by atoms with Crippen molar-refractivity contribution in [1.29, 1.82) is 0 Å². The van der Waals surface area contributed by atoms with Crippen LogP contribution in [0, 0.1) is 0 Å². The number of fused-ring (bicyclic) bond motifs is 4. The minimum atomic E-state index is -0.378. The van der Waals surface area contributed by atoms with Crippen molar-refractivity contribution in [2.24, 2.45) is 0 Å². The molecule has 9 rings (SSSR count). The van der Waals surface area contributed by atoms with Gasteiger partial charge in [-0.15, -0.1) is 0 Å². The molecule has 0 bridgehead atoms. The molecule has 0 atom stereocenters. The molecule has 0 amide bonds. The predicted octanol–water partition coefficient (Wildman–Crippen LogP) is 19.8. The number of para-hydroxylation sites is 4. The largest absolute Gasteiger partial charge is 0.397 e. The molecule has 4 N–H and O–H groups in total. The second-order valence-corrected chi connectivity index (χ2v) is 10.1. The van der Waals surface area contributed by atoms with E-state index < -0.39 is 0 Å². The molecule has 7 aromatic rings. The van der Waals surface area contributed by atoms with E-state index in [2.05, 4.69) is 36.4 Å². The third-order valence-corrected chi connectivity index (χ3v) is 7.58. The van der Waals surface area contributed by atoms with Crippen molar-refractivity contribution in [1.82, 2.24) is 9.97 Å². The number of Topliss-reactive ketones (excluding diaryl/α,β-unsaturated/α-hetero) is 2. The number of rotatable bonds is 0. The van der Waals surface area contributed by atoms with Crippen LogP contribution >= 0.6 is 0 Å². The molecular formula is C60H96N4O2. The van der Waals surface area contributed by atoms with Crippen molar-refractivity contribution in [3.05, 3.63) is 132 Å². The number of carbonyl (C=O) groups is 2. The number of aromatic nitrogens is 2. The molecule has 66 heavy (non-hydrogen) atoms. The van der Waals surface area contributed by atoms with Crippen molar-refractivity contribution >= 4 is 55.5 Å². The predicted molar refractivity (Wildman–Crippen MR) is 306 cm³/mol. The zero-order valence-corrected chi connectivity index (χ0v) is 46.4. The number of nitrogens with two attached hydrogens (primary N) is 2. The zero-order chi connectivity index (χ0) is 52.8. The van der Waals surface area contributed by atoms with Gasteiger partial charge in [0.15, 0.2) is 0 Å². The second-order valence-electron chi connectivity index (χ2n) is 10.1. The summed E-state index contributed by atoms with van der Waals surface area (Å²) in [6.45, 7) is 48.0. The maximum Gasteiger partial charge on any atom is 0.234 e. The summed E-state index contributed by atoms with van der Waals surface area (Å²) in [6.07, 6.45) is 0. The van der Waals surface area contributed by atoms with Crippen LogP contribution in [0.2, 0.25) is 0 Å². The number of benzene rings is 6. The quantitative estimate of drug-likeness (QED) is 0.116. The highest BCUT2D eigenvalue weighted by atomic mass is 16.2. The lowest BCUT2D eigenvalue weighted by Gasteiger charge is -2.02. The van der Waals surface area contributed by atoms with Crippen LogP contribution in [0.4, 0.5) is 11.4 Å². The maximum absolute atomic E-state index is 11.5. The lowest BCUT2D eigenvalue weighted by molar-refractivity contribution is 0.0825. The molecule has 0 saturated heterocycles. The third kappa shape index (κ3) is 20.5. The molecule has 0 saturated carbocycles. The van der Waals surface area contributed by atoms with Gasteiger partial charge in [-0.05, 0) is 35.0 Å². The van der Waals surface area contributed by atoms with Gasteiger partial charge in [0.05, 0.1) is 33.8 Å². The number of nitrogens with zero attached hydrogens (tertiary/aromatic N) is 2. The molecule has 2 aliphatic rings. The molecule has 1 heterocycles. The molecule has 0 unspecified atom stereocenters. The van der Waals surface area contributed by atoms with Gasteiger partial charge in [-0.1, -0.05) is 263 Å². The van der Waals surface area contributed by atoms with Gasteiger partial charge in [0, 0.05) is 33.0 Å². The van der Waals surface area contributed by atoms with Gasteiger partial charge in [0.1, 0.15) is 0 Å². The number of carbonyl (C=O) groups excluding carboxylic acids is 2. The molecular weight excluding hydrogens is 809 g/mol. The minimum absolute atomic E-state index is 0.378. The Morgan fingerprint density at radius 1 is 0.288 bits per heavy atom. The average molecular weight is 905 g/mol. The molecule has 6 heteroatoms. The molecule has 0 fully saturated rings. The number of ketones is 2. The Morgan fingerprint density at radius 3 is 0.773 bits per heavy atom. The summed E-state index contributed by atoms with van der Waals surface area (Å²) in [4.78, 5) is 32.7. The number of hydrogen-bond donors (Lipinski definition) is 2. The SMILES string of the molecule is CC.CC.CC.CC.CC.CC.CC.CC.CC.CC.CC.CC.Nc1ccccc1N.O=C1C(=O)c2cccc3cccc1c23.c1cc2c3c(cccc3c1)-c1nc3ccccc3nc1-2. The summed E-state index contributed by atoms with van der Waals surface area (Å²) in [6, 6.07) is 38.9. The molecule has 0 radical (unpaired) electrons. The first kappa shape index (κ1) is 71.7. The molecule has 2 aliphatic carbocycles. The van der Waals surface area contributed by atoms with Crippen LogP contribution in [0.5, 0.6) is 0 Å². The van der Waals surface area contributed by atoms with E-state index in [-0.39, 0.29) is 11.6 Å². The van der Waals surface area contributed by atoms with Crippen LogP contribution < -0.4 is 11.5 Å². The van der Waals surface area contributed by atoms with Crippen molar-refractivity contribution in [3.63, 3.8) is 0 Å². The lowest BCUT2D eigenvalue weighted by Crippen LogP contribution is -2.05. The van der Waals surface area contributed by atoms with Gasteiger partial charge < -0.3 is 11.5 Å². The van der Waals surface area contributed by atoms with Gasteiger partial charge >= 0.3 is 0 Å². The first-order chi connectivity index (χ1) is 32.5. The summed E-state index contributed by atoms with van der Waals surface area (Å²) >= 11 is 0. The lowest BCUT2D eigenvalue weighted by atomic mass is 10.0. The summed E-state index contributed by atoms with van der Waals surface area (Å²) in [5.41, 5.74) is 19.5. The fraction of sp³-hybridized carbons (Fsp3) is 0.400. The van der Waals surface area contributed by atoms with Gasteiger partial charge in [-0.3, -0.25) is 9.59 Å². The summed E-state index contributed by atoms with van der Waals surface area (Å²) in [5, 5.41) is 4.30. The highest BCUT2D eigenvalue weighted by molar-refractivity contribution is 6.57. The molecule has 1 aromatic heterocycles. The van der Waals surface area contributed by atoms with Crippen LogP contribution in [0.15, 0.2) is 121 Å². The zero-order valence-electron chi connectivity index (χ0n) is 46.4. The van der Waals surface area contributed by atoms with Crippen molar-refractivity contribution < 1.29 is 9.59 Å². The number of nitrogen functional groups attached to an aromatic ring is 2. The van der Waals surface area contributed by atoms with Crippen LogP contribution in [-0.4, -0.2) is 21.5 Å². The normalized spacial score (nSPS) is 8.79. The van der Waals surface area contributed by atoms with Crippen LogP contribution in [-0.2, 0) is 0 Å². The van der Waals surface area contributed by atoms with E-state index in [1.807, 2.05) is 215 Å². The minimum Gasteiger partial charge on any atom is -0.397 e. The Labute approximate surface area is 406 Å². The fourth-order valence-electron chi connectivity index (χ4n) is 5.59. The Morgan fingerprint density at radius 2 is 0.515 bits per heavy atom. The monoisotopic (exact) mass is 905 g/mol. The van der Waals surface area contributed by atoms with Crippen molar-refractivity contribution in [3.8, 4) is 22.5 Å². The molecule has 0 spiro atoms. The summed E-state index contributed by atoms with van der Waals surface area (Å²) in [7, 11) is 0. The van der Waals surface area contributed by atoms with E-state index in [0.29, 0.717) is 22.5 Å². The first-order valence-electron chi connectivity index (χ1n) is 25.5. The topological polar surface area (TPSA) is 112 Å². The molecule has 368 valence electrons. The van der Waals surface area contributed by atoms with E-state index >= 15 is 0 Å². The van der Waals surface area contributed by atoms with E-state index in [1.165, 1.54) is 21.9 Å². The Hall–Kier alpha value is -5.88. The highest BCUT2D eigenvalue weighted by Crippen LogP contribution is 2.45. The second kappa shape index (κ2) is 48.6. The van der Waals surface area contributed by atoms with E-state index in [1.54, 1.807) is 36.4 Å².